The van der Waals surface area contributed by atoms with Crippen LogP contribution in [0.2, 0.25) is 0 Å². The third-order valence-corrected chi connectivity index (χ3v) is 2.55. The number of nitrogens with zero attached hydrogens (tertiary/aromatic N) is 2. The summed E-state index contributed by atoms with van der Waals surface area (Å²) in [7, 11) is 0. The third-order valence-electron chi connectivity index (χ3n) is 2.55. The average molecular weight is 295 g/mol. The van der Waals surface area contributed by atoms with E-state index in [-0.39, 0.29) is 16.3 Å². The molecule has 0 radical (unpaired) electrons. The first kappa shape index (κ1) is 14.4. The Kier molecular flexibility index (Phi) is 3.46. The molecule has 1 aromatic carbocycles. The van der Waals surface area contributed by atoms with Gasteiger partial charge in [0, 0.05) is 24.2 Å². The molecule has 1 heterocycles. The molecular formula is C11H7F6N3. The maximum Gasteiger partial charge on any atom is 0.433 e. The van der Waals surface area contributed by atoms with Crippen molar-refractivity contribution in [3.05, 3.63) is 47.0 Å². The number of hydrogen-bond donors (Lipinski definition) is 1. The van der Waals surface area contributed by atoms with E-state index in [2.05, 4.69) is 5.10 Å². The summed E-state index contributed by atoms with van der Waals surface area (Å²) in [5, 5.41) is 3.34. The number of halogens is 6. The quantitative estimate of drug-likeness (QED) is 0.684. The fraction of sp³-hybridized carbons (Fsp3) is 0.182. The molecule has 0 aliphatic rings. The van der Waals surface area contributed by atoms with Gasteiger partial charge < -0.3 is 5.73 Å². The van der Waals surface area contributed by atoms with Crippen molar-refractivity contribution in [2.24, 2.45) is 5.73 Å². The van der Waals surface area contributed by atoms with E-state index in [1.165, 1.54) is 0 Å². The summed E-state index contributed by atoms with van der Waals surface area (Å²) in [6, 6.07) is 0.446. The number of benzene rings is 1. The molecule has 0 saturated carbocycles. The second-order valence-corrected chi connectivity index (χ2v) is 3.85. The van der Waals surface area contributed by atoms with Crippen LogP contribution >= 0.6 is 0 Å². The van der Waals surface area contributed by atoms with Gasteiger partial charge in [-0.15, -0.1) is 0 Å². The van der Waals surface area contributed by atoms with Crippen LogP contribution in [-0.2, 0) is 12.7 Å². The lowest BCUT2D eigenvalue weighted by Gasteiger charge is -2.13. The largest absolute Gasteiger partial charge is 0.433 e. The van der Waals surface area contributed by atoms with Crippen LogP contribution in [0, 0.1) is 17.5 Å². The van der Waals surface area contributed by atoms with Gasteiger partial charge >= 0.3 is 6.18 Å². The Morgan fingerprint density at radius 3 is 2.20 bits per heavy atom. The van der Waals surface area contributed by atoms with Gasteiger partial charge in [0.2, 0.25) is 0 Å². The van der Waals surface area contributed by atoms with Crippen molar-refractivity contribution < 1.29 is 26.3 Å². The highest BCUT2D eigenvalue weighted by atomic mass is 19.4. The first-order chi connectivity index (χ1) is 9.25. The first-order valence-electron chi connectivity index (χ1n) is 5.24. The molecule has 3 nitrogen and oxygen atoms in total. The zero-order valence-electron chi connectivity index (χ0n) is 9.68. The van der Waals surface area contributed by atoms with Crippen molar-refractivity contribution in [3.8, 4) is 5.69 Å². The molecule has 1 aromatic heterocycles. The van der Waals surface area contributed by atoms with Crippen molar-refractivity contribution in [1.82, 2.24) is 9.78 Å². The molecule has 2 rings (SSSR count). The summed E-state index contributed by atoms with van der Waals surface area (Å²) in [5.41, 5.74) is 2.58. The maximum atomic E-state index is 13.5. The second kappa shape index (κ2) is 4.82. The summed E-state index contributed by atoms with van der Waals surface area (Å²) in [6.07, 6.45) is -4.08. The van der Waals surface area contributed by atoms with Crippen molar-refractivity contribution in [2.75, 3.05) is 0 Å². The minimum atomic E-state index is -4.87. The Labute approximate surface area is 108 Å². The van der Waals surface area contributed by atoms with Gasteiger partial charge in [-0.1, -0.05) is 0 Å². The topological polar surface area (TPSA) is 43.8 Å². The number of rotatable bonds is 2. The fourth-order valence-electron chi connectivity index (χ4n) is 1.69. The predicted octanol–water partition coefficient (Wildman–Crippen LogP) is 2.77. The fourth-order valence-corrected chi connectivity index (χ4v) is 1.69. The van der Waals surface area contributed by atoms with E-state index in [0.29, 0.717) is 6.07 Å². The highest BCUT2D eigenvalue weighted by Crippen LogP contribution is 2.34. The van der Waals surface area contributed by atoms with Gasteiger partial charge in [-0.2, -0.15) is 18.3 Å². The Morgan fingerprint density at radius 1 is 1.05 bits per heavy atom. The summed E-state index contributed by atoms with van der Waals surface area (Å²) in [4.78, 5) is 0. The molecule has 9 heteroatoms. The van der Waals surface area contributed by atoms with E-state index in [0.717, 1.165) is 6.20 Å². The molecule has 0 spiro atoms. The molecule has 108 valence electrons. The zero-order chi connectivity index (χ0) is 15.1. The zero-order valence-corrected chi connectivity index (χ0v) is 9.68. The van der Waals surface area contributed by atoms with Gasteiger partial charge in [0.15, 0.2) is 23.1 Å². The van der Waals surface area contributed by atoms with Crippen molar-refractivity contribution in [1.29, 1.82) is 0 Å². The summed E-state index contributed by atoms with van der Waals surface area (Å²) in [6.45, 7) is -0.486. The number of hydrogen-bond acceptors (Lipinski definition) is 2. The molecule has 0 atom stereocenters. The highest BCUT2D eigenvalue weighted by Gasteiger charge is 2.38. The van der Waals surface area contributed by atoms with Gasteiger partial charge in [0.05, 0.1) is 6.20 Å². The molecule has 0 aliphatic carbocycles. The average Bonchev–Trinajstić information content (AvgIpc) is 2.77. The summed E-state index contributed by atoms with van der Waals surface area (Å²) >= 11 is 0. The normalized spacial score (nSPS) is 11.9. The summed E-state index contributed by atoms with van der Waals surface area (Å²) < 4.78 is 78.3. The molecular weight excluding hydrogens is 288 g/mol. The van der Waals surface area contributed by atoms with E-state index in [1.54, 1.807) is 0 Å². The third kappa shape index (κ3) is 2.36. The van der Waals surface area contributed by atoms with Crippen LogP contribution in [0.15, 0.2) is 18.3 Å². The SMILES string of the molecule is NCc1cnn(-c2cc(F)c(F)cc2F)c1C(F)(F)F. The Bertz CT molecular complexity index is 646. The predicted molar refractivity (Wildman–Crippen MR) is 56.3 cm³/mol. The van der Waals surface area contributed by atoms with E-state index in [1.807, 2.05) is 0 Å². The van der Waals surface area contributed by atoms with Gasteiger partial charge in [-0.25, -0.2) is 17.9 Å². The van der Waals surface area contributed by atoms with Crippen molar-refractivity contribution >= 4 is 0 Å². The highest BCUT2D eigenvalue weighted by molar-refractivity contribution is 5.38. The van der Waals surface area contributed by atoms with E-state index >= 15 is 0 Å². The monoisotopic (exact) mass is 295 g/mol. The second-order valence-electron chi connectivity index (χ2n) is 3.85. The van der Waals surface area contributed by atoms with Gasteiger partial charge in [-0.3, -0.25) is 0 Å². The van der Waals surface area contributed by atoms with Crippen LogP contribution < -0.4 is 5.73 Å². The lowest BCUT2D eigenvalue weighted by molar-refractivity contribution is -0.143. The molecule has 0 fully saturated rings. The van der Waals surface area contributed by atoms with E-state index < -0.39 is 41.6 Å². The minimum Gasteiger partial charge on any atom is -0.326 e. The van der Waals surface area contributed by atoms with Crippen LogP contribution in [0.1, 0.15) is 11.3 Å². The Morgan fingerprint density at radius 2 is 1.65 bits per heavy atom. The van der Waals surface area contributed by atoms with Crippen LogP contribution in [0.4, 0.5) is 26.3 Å². The van der Waals surface area contributed by atoms with Crippen LogP contribution in [0.3, 0.4) is 0 Å². The molecule has 0 aliphatic heterocycles. The molecule has 0 amide bonds. The molecule has 20 heavy (non-hydrogen) atoms. The van der Waals surface area contributed by atoms with Crippen LogP contribution in [0.25, 0.3) is 5.69 Å². The first-order valence-corrected chi connectivity index (χ1v) is 5.24. The minimum absolute atomic E-state index is 0.147. The smallest absolute Gasteiger partial charge is 0.326 e. The molecule has 0 saturated heterocycles. The Hall–Kier alpha value is -2.03. The van der Waals surface area contributed by atoms with Gasteiger partial charge in [-0.05, 0) is 0 Å². The van der Waals surface area contributed by atoms with E-state index in [4.69, 9.17) is 5.73 Å². The van der Waals surface area contributed by atoms with Gasteiger partial charge in [0.1, 0.15) is 5.69 Å². The van der Waals surface area contributed by atoms with Crippen molar-refractivity contribution in [3.63, 3.8) is 0 Å². The number of nitrogens with two attached hydrogens (primary N) is 1. The number of aromatic nitrogens is 2. The number of alkyl halides is 3. The maximum absolute atomic E-state index is 13.5. The van der Waals surface area contributed by atoms with Gasteiger partial charge in [0.25, 0.3) is 0 Å². The molecule has 2 aromatic rings. The molecule has 0 unspecified atom stereocenters. The van der Waals surface area contributed by atoms with E-state index in [9.17, 15) is 26.3 Å². The summed E-state index contributed by atoms with van der Waals surface area (Å²) in [5.74, 6) is -4.37. The lowest BCUT2D eigenvalue weighted by atomic mass is 10.2. The standard InChI is InChI=1S/C11H7F6N3/c12-6-1-8(14)9(2-7(6)13)20-10(11(15,16)17)5(3-18)4-19-20/h1-2,4H,3,18H2. The van der Waals surface area contributed by atoms with Crippen LogP contribution in [-0.4, -0.2) is 9.78 Å². The molecule has 0 bridgehead atoms. The molecule has 2 N–H and O–H groups in total. The Balaban J connectivity index is 2.71. The lowest BCUT2D eigenvalue weighted by Crippen LogP contribution is -2.17. The van der Waals surface area contributed by atoms with Crippen molar-refractivity contribution in [2.45, 2.75) is 12.7 Å². The van der Waals surface area contributed by atoms with Crippen LogP contribution in [0.5, 0.6) is 0 Å².